The number of aromatic nitrogens is 5. The second-order valence-electron chi connectivity index (χ2n) is 7.93. The van der Waals surface area contributed by atoms with Gasteiger partial charge in [-0.25, -0.2) is 14.5 Å². The van der Waals surface area contributed by atoms with Crippen molar-refractivity contribution in [3.8, 4) is 22.6 Å². The fraction of sp³-hybridized carbons (Fsp3) is 0.273. The molecule has 0 saturated heterocycles. The molecule has 1 aliphatic carbocycles. The maximum atomic E-state index is 13.4. The Labute approximate surface area is 180 Å². The Bertz CT molecular complexity index is 1290. The van der Waals surface area contributed by atoms with Crippen LogP contribution in [0.25, 0.3) is 28.3 Å². The van der Waals surface area contributed by atoms with Gasteiger partial charge in [-0.05, 0) is 37.8 Å². The topological polar surface area (TPSA) is 88.0 Å². The van der Waals surface area contributed by atoms with Crippen LogP contribution in [0, 0.1) is 12.8 Å². The number of benzene rings is 1. The lowest BCUT2D eigenvalue weighted by Crippen LogP contribution is -2.46. The van der Waals surface area contributed by atoms with Crippen LogP contribution in [0.4, 0.5) is 13.2 Å². The average molecular weight is 440 g/mol. The molecule has 1 amide bonds. The summed E-state index contributed by atoms with van der Waals surface area (Å²) in [6.07, 6.45) is 1.04. The number of rotatable bonds is 5. The molecule has 1 aromatic carbocycles. The Hall–Kier alpha value is -3.69. The van der Waals surface area contributed by atoms with E-state index < -0.39 is 24.0 Å². The van der Waals surface area contributed by atoms with Crippen molar-refractivity contribution in [1.29, 1.82) is 0 Å². The lowest BCUT2D eigenvalue weighted by atomic mass is 10.1. The second kappa shape index (κ2) is 7.47. The quantitative estimate of drug-likeness (QED) is 0.488. The van der Waals surface area contributed by atoms with Crippen LogP contribution in [0.15, 0.2) is 48.9 Å². The Morgan fingerprint density at radius 3 is 2.72 bits per heavy atom. The highest BCUT2D eigenvalue weighted by atomic mass is 19.4. The van der Waals surface area contributed by atoms with Crippen molar-refractivity contribution >= 4 is 11.6 Å². The monoisotopic (exact) mass is 440 g/mol. The number of carbonyl (C=O) groups is 1. The van der Waals surface area contributed by atoms with Gasteiger partial charge >= 0.3 is 6.18 Å². The Morgan fingerprint density at radius 2 is 2.03 bits per heavy atom. The maximum Gasteiger partial charge on any atom is 0.408 e. The van der Waals surface area contributed by atoms with Gasteiger partial charge in [-0.1, -0.05) is 18.2 Å². The van der Waals surface area contributed by atoms with Gasteiger partial charge in [0.25, 0.3) is 5.91 Å². The number of hydrogen-bond donors (Lipinski definition) is 2. The van der Waals surface area contributed by atoms with Gasteiger partial charge in [0.05, 0.1) is 11.9 Å². The summed E-state index contributed by atoms with van der Waals surface area (Å²) in [5.41, 5.74) is 3.12. The standard InChI is InChI=1S/C22H19F3N6O/c1-12-9-17(14-3-2-4-15(10-14)19-26-7-8-27-19)29-20-16(11-28-31(12)20)21(32)30-18(13-5-6-13)22(23,24)25/h2-4,7-11,13,18H,5-6H2,1H3,(H,26,27)(H,30,32). The Morgan fingerprint density at radius 1 is 1.25 bits per heavy atom. The lowest BCUT2D eigenvalue weighted by molar-refractivity contribution is -0.158. The molecule has 1 unspecified atom stereocenters. The van der Waals surface area contributed by atoms with Gasteiger partial charge in [-0.3, -0.25) is 4.79 Å². The number of amides is 1. The third kappa shape index (κ3) is 3.72. The molecule has 0 bridgehead atoms. The van der Waals surface area contributed by atoms with Crippen molar-refractivity contribution in [1.82, 2.24) is 29.9 Å². The molecule has 0 radical (unpaired) electrons. The van der Waals surface area contributed by atoms with Crippen molar-refractivity contribution in [2.75, 3.05) is 0 Å². The van der Waals surface area contributed by atoms with Crippen molar-refractivity contribution in [3.05, 3.63) is 60.2 Å². The van der Waals surface area contributed by atoms with E-state index in [2.05, 4.69) is 25.4 Å². The molecule has 0 aliphatic heterocycles. The summed E-state index contributed by atoms with van der Waals surface area (Å²) in [6, 6.07) is 7.49. The zero-order valence-electron chi connectivity index (χ0n) is 17.0. The highest BCUT2D eigenvalue weighted by Crippen LogP contribution is 2.40. The van der Waals surface area contributed by atoms with E-state index in [1.54, 1.807) is 19.3 Å². The number of aromatic amines is 1. The number of carbonyl (C=O) groups excluding carboxylic acids is 1. The molecule has 5 rings (SSSR count). The minimum absolute atomic E-state index is 0.00652. The molecule has 10 heteroatoms. The molecule has 7 nitrogen and oxygen atoms in total. The Balaban J connectivity index is 1.52. The number of nitrogens with zero attached hydrogens (tertiary/aromatic N) is 4. The first kappa shape index (κ1) is 20.2. The molecular formula is C22H19F3N6O. The first-order valence-corrected chi connectivity index (χ1v) is 10.1. The summed E-state index contributed by atoms with van der Waals surface area (Å²) in [6.45, 7) is 1.80. The first-order chi connectivity index (χ1) is 15.3. The highest BCUT2D eigenvalue weighted by Gasteiger charge is 2.49. The van der Waals surface area contributed by atoms with Gasteiger partial charge in [0.1, 0.15) is 17.4 Å². The van der Waals surface area contributed by atoms with Crippen LogP contribution in [-0.2, 0) is 0 Å². The molecule has 32 heavy (non-hydrogen) atoms. The molecule has 1 saturated carbocycles. The van der Waals surface area contributed by atoms with E-state index in [9.17, 15) is 18.0 Å². The molecule has 3 aromatic heterocycles. The van der Waals surface area contributed by atoms with Crippen LogP contribution in [0.5, 0.6) is 0 Å². The van der Waals surface area contributed by atoms with E-state index in [-0.39, 0.29) is 11.2 Å². The summed E-state index contributed by atoms with van der Waals surface area (Å²) in [7, 11) is 0. The van der Waals surface area contributed by atoms with Crippen molar-refractivity contribution < 1.29 is 18.0 Å². The van der Waals surface area contributed by atoms with Crippen LogP contribution in [-0.4, -0.2) is 42.7 Å². The van der Waals surface area contributed by atoms with E-state index in [0.29, 0.717) is 30.1 Å². The fourth-order valence-electron chi connectivity index (χ4n) is 3.79. The van der Waals surface area contributed by atoms with Gasteiger partial charge in [-0.15, -0.1) is 0 Å². The average Bonchev–Trinajstić information content (AvgIpc) is 3.25. The van der Waals surface area contributed by atoms with Gasteiger partial charge < -0.3 is 10.3 Å². The predicted octanol–water partition coefficient (Wildman–Crippen LogP) is 4.17. The smallest absolute Gasteiger partial charge is 0.345 e. The predicted molar refractivity (Wildman–Crippen MR) is 111 cm³/mol. The molecule has 164 valence electrons. The van der Waals surface area contributed by atoms with E-state index in [1.807, 2.05) is 30.3 Å². The molecule has 3 heterocycles. The number of alkyl halides is 3. The Kier molecular flexibility index (Phi) is 4.72. The summed E-state index contributed by atoms with van der Waals surface area (Å²) in [5, 5.41) is 6.31. The third-order valence-electron chi connectivity index (χ3n) is 5.56. The number of aryl methyl sites for hydroxylation is 1. The van der Waals surface area contributed by atoms with Crippen LogP contribution in [0.1, 0.15) is 28.9 Å². The molecule has 1 atom stereocenters. The minimum atomic E-state index is -4.50. The molecule has 2 N–H and O–H groups in total. The van der Waals surface area contributed by atoms with Gasteiger partial charge in [0.2, 0.25) is 0 Å². The van der Waals surface area contributed by atoms with Crippen molar-refractivity contribution in [3.63, 3.8) is 0 Å². The minimum Gasteiger partial charge on any atom is -0.345 e. The molecular weight excluding hydrogens is 421 g/mol. The number of nitrogens with one attached hydrogen (secondary N) is 2. The van der Waals surface area contributed by atoms with E-state index in [4.69, 9.17) is 0 Å². The normalized spacial score (nSPS) is 15.1. The molecule has 4 aromatic rings. The first-order valence-electron chi connectivity index (χ1n) is 10.1. The zero-order valence-corrected chi connectivity index (χ0v) is 17.0. The summed E-state index contributed by atoms with van der Waals surface area (Å²) < 4.78 is 41.6. The highest BCUT2D eigenvalue weighted by molar-refractivity contribution is 6.00. The van der Waals surface area contributed by atoms with E-state index >= 15 is 0 Å². The van der Waals surface area contributed by atoms with Gasteiger partial charge in [0, 0.05) is 29.2 Å². The second-order valence-corrected chi connectivity index (χ2v) is 7.93. The number of H-pyrrole nitrogens is 1. The summed E-state index contributed by atoms with van der Waals surface area (Å²) >= 11 is 0. The maximum absolute atomic E-state index is 13.4. The third-order valence-corrected chi connectivity index (χ3v) is 5.56. The molecule has 1 fully saturated rings. The van der Waals surface area contributed by atoms with Crippen LogP contribution >= 0.6 is 0 Å². The molecule has 0 spiro atoms. The summed E-state index contributed by atoms with van der Waals surface area (Å²) in [5.74, 6) is -0.703. The van der Waals surface area contributed by atoms with Gasteiger partial charge in [-0.2, -0.15) is 18.3 Å². The number of fused-ring (bicyclic) bond motifs is 1. The van der Waals surface area contributed by atoms with Crippen LogP contribution < -0.4 is 5.32 Å². The largest absolute Gasteiger partial charge is 0.408 e. The zero-order chi connectivity index (χ0) is 22.5. The summed E-state index contributed by atoms with van der Waals surface area (Å²) in [4.78, 5) is 24.6. The number of imidazole rings is 1. The van der Waals surface area contributed by atoms with Crippen molar-refractivity contribution in [2.45, 2.75) is 32.0 Å². The number of halogens is 3. The van der Waals surface area contributed by atoms with Crippen LogP contribution in [0.3, 0.4) is 0 Å². The van der Waals surface area contributed by atoms with Crippen molar-refractivity contribution in [2.24, 2.45) is 5.92 Å². The molecule has 1 aliphatic rings. The van der Waals surface area contributed by atoms with E-state index in [1.165, 1.54) is 10.7 Å². The van der Waals surface area contributed by atoms with E-state index in [0.717, 1.165) is 11.1 Å². The SMILES string of the molecule is Cc1cc(-c2cccc(-c3ncc[nH]3)c2)nc2c(C(=O)NC(C3CC3)C(F)(F)F)cnn12. The fourth-order valence-corrected chi connectivity index (χ4v) is 3.79. The lowest BCUT2D eigenvalue weighted by Gasteiger charge is -2.20. The van der Waals surface area contributed by atoms with Crippen LogP contribution in [0.2, 0.25) is 0 Å². The number of hydrogen-bond acceptors (Lipinski definition) is 4. The van der Waals surface area contributed by atoms with Gasteiger partial charge in [0.15, 0.2) is 5.65 Å².